The molecule has 3 N–H and O–H groups in total. The Hall–Kier alpha value is -2.13. The summed E-state index contributed by atoms with van der Waals surface area (Å²) in [5.74, 6) is -3.15. The van der Waals surface area contributed by atoms with E-state index in [0.717, 1.165) is 11.1 Å². The fourth-order valence-corrected chi connectivity index (χ4v) is 2.94. The van der Waals surface area contributed by atoms with Crippen LogP contribution in [0.15, 0.2) is 24.3 Å². The van der Waals surface area contributed by atoms with Gasteiger partial charge < -0.3 is 15.7 Å². The Morgan fingerprint density at radius 2 is 1.83 bits per heavy atom. The van der Waals surface area contributed by atoms with Gasteiger partial charge in [0.1, 0.15) is 0 Å². The van der Waals surface area contributed by atoms with Crippen LogP contribution in [0.5, 0.6) is 0 Å². The van der Waals surface area contributed by atoms with Gasteiger partial charge in [-0.05, 0) is 24.5 Å². The molecule has 0 spiro atoms. The summed E-state index contributed by atoms with van der Waals surface area (Å²) in [5, 5.41) is 9.66. The van der Waals surface area contributed by atoms with E-state index in [1.807, 2.05) is 0 Å². The fraction of sp³-hybridized carbons (Fsp3) is 0.467. The first-order valence-electron chi connectivity index (χ1n) is 7.26. The minimum absolute atomic E-state index is 0.000804. The SMILES string of the molecule is NCC1(c2ccccc2C(F)(F)F)CCN(OC(=O)C(=O)O)CC1. The lowest BCUT2D eigenvalue weighted by atomic mass is 9.71. The zero-order valence-corrected chi connectivity index (χ0v) is 12.7. The van der Waals surface area contributed by atoms with E-state index in [2.05, 4.69) is 4.84 Å². The van der Waals surface area contributed by atoms with E-state index >= 15 is 0 Å². The average Bonchev–Trinajstić information content (AvgIpc) is 2.55. The highest BCUT2D eigenvalue weighted by molar-refractivity contribution is 6.28. The van der Waals surface area contributed by atoms with Crippen molar-refractivity contribution in [3.63, 3.8) is 0 Å². The van der Waals surface area contributed by atoms with E-state index in [1.165, 1.54) is 18.2 Å². The maximum Gasteiger partial charge on any atom is 0.436 e. The third-order valence-electron chi connectivity index (χ3n) is 4.26. The maximum absolute atomic E-state index is 13.3. The van der Waals surface area contributed by atoms with Crippen molar-refractivity contribution in [2.75, 3.05) is 19.6 Å². The Morgan fingerprint density at radius 1 is 1.25 bits per heavy atom. The van der Waals surface area contributed by atoms with Crippen LogP contribution < -0.4 is 5.73 Å². The van der Waals surface area contributed by atoms with Crippen molar-refractivity contribution in [3.8, 4) is 0 Å². The number of carbonyl (C=O) groups excluding carboxylic acids is 1. The number of alkyl halides is 3. The lowest BCUT2D eigenvalue weighted by Crippen LogP contribution is -2.48. The third kappa shape index (κ3) is 3.68. The van der Waals surface area contributed by atoms with E-state index in [0.29, 0.717) is 0 Å². The molecule has 0 aliphatic carbocycles. The molecule has 0 atom stereocenters. The summed E-state index contributed by atoms with van der Waals surface area (Å²) in [4.78, 5) is 26.2. The number of carbonyl (C=O) groups is 2. The van der Waals surface area contributed by atoms with Gasteiger partial charge in [0, 0.05) is 25.0 Å². The van der Waals surface area contributed by atoms with E-state index in [4.69, 9.17) is 10.8 Å². The van der Waals surface area contributed by atoms with Gasteiger partial charge in [-0.2, -0.15) is 13.2 Å². The van der Waals surface area contributed by atoms with Gasteiger partial charge >= 0.3 is 18.1 Å². The second-order valence-corrected chi connectivity index (χ2v) is 5.64. The molecule has 1 fully saturated rings. The molecular formula is C15H17F3N2O4. The molecular weight excluding hydrogens is 329 g/mol. The molecule has 9 heteroatoms. The summed E-state index contributed by atoms with van der Waals surface area (Å²) >= 11 is 0. The number of aliphatic carboxylic acids is 1. The molecule has 24 heavy (non-hydrogen) atoms. The molecule has 1 saturated heterocycles. The van der Waals surface area contributed by atoms with Crippen molar-refractivity contribution in [1.29, 1.82) is 0 Å². The van der Waals surface area contributed by atoms with Gasteiger partial charge in [0.05, 0.1) is 5.56 Å². The minimum atomic E-state index is -4.49. The topological polar surface area (TPSA) is 92.9 Å². The smallest absolute Gasteiger partial charge is 0.436 e. The molecule has 1 aromatic carbocycles. The van der Waals surface area contributed by atoms with Gasteiger partial charge in [0.25, 0.3) is 0 Å². The number of carboxylic acids is 1. The molecule has 132 valence electrons. The summed E-state index contributed by atoms with van der Waals surface area (Å²) in [7, 11) is 0. The highest BCUT2D eigenvalue weighted by Crippen LogP contribution is 2.42. The number of nitrogens with two attached hydrogens (primary N) is 1. The van der Waals surface area contributed by atoms with Crippen LogP contribution in [0.4, 0.5) is 13.2 Å². The second-order valence-electron chi connectivity index (χ2n) is 5.64. The number of benzene rings is 1. The average molecular weight is 346 g/mol. The van der Waals surface area contributed by atoms with Crippen LogP contribution in [-0.2, 0) is 26.0 Å². The van der Waals surface area contributed by atoms with Crippen LogP contribution in [0.1, 0.15) is 24.0 Å². The number of halogens is 3. The lowest BCUT2D eigenvalue weighted by Gasteiger charge is -2.41. The Kier molecular flexibility index (Phi) is 5.14. The van der Waals surface area contributed by atoms with Gasteiger partial charge in [0.15, 0.2) is 0 Å². The first-order valence-corrected chi connectivity index (χ1v) is 7.26. The molecule has 1 aliphatic rings. The number of hydroxylamine groups is 2. The van der Waals surface area contributed by atoms with Crippen LogP contribution in [-0.4, -0.2) is 41.7 Å². The van der Waals surface area contributed by atoms with Crippen LogP contribution in [0, 0.1) is 0 Å². The number of nitrogens with zero attached hydrogens (tertiary/aromatic N) is 1. The molecule has 6 nitrogen and oxygen atoms in total. The Morgan fingerprint density at radius 3 is 2.33 bits per heavy atom. The Labute approximate surface area is 135 Å². The third-order valence-corrected chi connectivity index (χ3v) is 4.26. The minimum Gasteiger partial charge on any atom is -0.473 e. The van der Waals surface area contributed by atoms with E-state index in [1.54, 1.807) is 0 Å². The van der Waals surface area contributed by atoms with Crippen molar-refractivity contribution < 1.29 is 32.7 Å². The molecule has 1 heterocycles. The van der Waals surface area contributed by atoms with Gasteiger partial charge in [0.2, 0.25) is 0 Å². The van der Waals surface area contributed by atoms with Crippen LogP contribution in [0.25, 0.3) is 0 Å². The molecule has 1 aliphatic heterocycles. The fourth-order valence-electron chi connectivity index (χ4n) is 2.94. The molecule has 0 amide bonds. The zero-order chi connectivity index (χ0) is 18.0. The molecule has 0 radical (unpaired) electrons. The molecule has 0 saturated carbocycles. The van der Waals surface area contributed by atoms with Crippen LogP contribution >= 0.6 is 0 Å². The summed E-state index contributed by atoms with van der Waals surface area (Å²) in [6, 6.07) is 5.28. The van der Waals surface area contributed by atoms with Gasteiger partial charge in [-0.25, -0.2) is 9.59 Å². The van der Waals surface area contributed by atoms with E-state index < -0.39 is 29.1 Å². The highest BCUT2D eigenvalue weighted by Gasteiger charge is 2.43. The van der Waals surface area contributed by atoms with Crippen molar-refractivity contribution in [2.24, 2.45) is 5.73 Å². The zero-order valence-electron chi connectivity index (χ0n) is 12.7. The molecule has 1 aromatic rings. The number of hydrogen-bond acceptors (Lipinski definition) is 5. The second kappa shape index (κ2) is 6.78. The molecule has 2 rings (SSSR count). The standard InChI is InChI=1S/C15H17F3N2O4/c16-15(17,18)11-4-2-1-3-10(11)14(9-19)5-7-20(8-6-14)24-13(23)12(21)22/h1-4H,5-9,19H2,(H,21,22). The Bertz CT molecular complexity index is 625. The van der Waals surface area contributed by atoms with Gasteiger partial charge in [-0.3, -0.25) is 0 Å². The first kappa shape index (κ1) is 18.2. The maximum atomic E-state index is 13.3. The van der Waals surface area contributed by atoms with Crippen molar-refractivity contribution in [2.45, 2.75) is 24.4 Å². The van der Waals surface area contributed by atoms with Crippen LogP contribution in [0.2, 0.25) is 0 Å². The molecule has 0 bridgehead atoms. The van der Waals surface area contributed by atoms with Crippen molar-refractivity contribution >= 4 is 11.9 Å². The number of piperidine rings is 1. The molecule has 0 unspecified atom stereocenters. The largest absolute Gasteiger partial charge is 0.473 e. The molecule has 0 aromatic heterocycles. The monoisotopic (exact) mass is 346 g/mol. The van der Waals surface area contributed by atoms with E-state index in [-0.39, 0.29) is 38.0 Å². The number of hydrogen-bond donors (Lipinski definition) is 2. The van der Waals surface area contributed by atoms with Crippen molar-refractivity contribution in [1.82, 2.24) is 5.06 Å². The summed E-state index contributed by atoms with van der Waals surface area (Å²) < 4.78 is 39.8. The highest BCUT2D eigenvalue weighted by atomic mass is 19.4. The van der Waals surface area contributed by atoms with E-state index in [9.17, 15) is 22.8 Å². The van der Waals surface area contributed by atoms with Crippen molar-refractivity contribution in [3.05, 3.63) is 35.4 Å². The number of rotatable bonds is 3. The Balaban J connectivity index is 2.22. The predicted molar refractivity (Wildman–Crippen MR) is 76.7 cm³/mol. The summed E-state index contributed by atoms with van der Waals surface area (Å²) in [6.07, 6.45) is -4.07. The predicted octanol–water partition coefficient (Wildman–Crippen LogP) is 1.54. The quantitative estimate of drug-likeness (QED) is 0.807. The van der Waals surface area contributed by atoms with Gasteiger partial charge in [-0.1, -0.05) is 18.2 Å². The number of carboxylic acid groups (broad SMARTS) is 1. The summed E-state index contributed by atoms with van der Waals surface area (Å²) in [5.41, 5.74) is 4.27. The van der Waals surface area contributed by atoms with Crippen LogP contribution in [0.3, 0.4) is 0 Å². The van der Waals surface area contributed by atoms with Gasteiger partial charge in [-0.15, -0.1) is 5.06 Å². The summed E-state index contributed by atoms with van der Waals surface area (Å²) in [6.45, 7) is 0.200. The lowest BCUT2D eigenvalue weighted by molar-refractivity contribution is -0.203. The normalized spacial score (nSPS) is 18.2. The first-order chi connectivity index (χ1) is 11.2.